The number of nitrogens with zero attached hydrogens (tertiary/aromatic N) is 2. The Balaban J connectivity index is 1.67. The number of hydrogen-bond donors (Lipinski definition) is 1. The van der Waals surface area contributed by atoms with Crippen molar-refractivity contribution < 1.29 is 4.79 Å². The van der Waals surface area contributed by atoms with Gasteiger partial charge in [-0.3, -0.25) is 4.79 Å². The highest BCUT2D eigenvalue weighted by atomic mass is 16.2. The molecule has 1 N–H and O–H groups in total. The van der Waals surface area contributed by atoms with Gasteiger partial charge in [-0.2, -0.15) is 0 Å². The van der Waals surface area contributed by atoms with Crippen molar-refractivity contribution in [3.05, 3.63) is 22.3 Å². The van der Waals surface area contributed by atoms with Gasteiger partial charge in [0.05, 0.1) is 6.54 Å². The van der Waals surface area contributed by atoms with Gasteiger partial charge >= 0.3 is 0 Å². The molecule has 1 fully saturated rings. The second-order valence-electron chi connectivity index (χ2n) is 6.45. The molecular weight excluding hydrogens is 262 g/mol. The molecule has 1 aliphatic heterocycles. The van der Waals surface area contributed by atoms with E-state index >= 15 is 0 Å². The lowest BCUT2D eigenvalue weighted by Gasteiger charge is -2.32. The molecule has 4 heteroatoms. The second kappa shape index (κ2) is 6.06. The van der Waals surface area contributed by atoms with Crippen LogP contribution in [0.15, 0.2) is 6.20 Å². The van der Waals surface area contributed by atoms with E-state index in [0.717, 1.165) is 38.8 Å². The molecule has 2 aliphatic rings. The lowest BCUT2D eigenvalue weighted by atomic mass is 9.89. The normalized spacial score (nSPS) is 19.1. The highest BCUT2D eigenvalue weighted by Gasteiger charge is 2.25. The molecule has 0 aromatic carbocycles. The first-order chi connectivity index (χ1) is 10.1. The predicted molar refractivity (Wildman–Crippen MR) is 85.3 cm³/mol. The van der Waals surface area contributed by atoms with Gasteiger partial charge in [-0.25, -0.2) is 0 Å². The smallest absolute Gasteiger partial charge is 0.236 e. The van der Waals surface area contributed by atoms with Gasteiger partial charge in [0.15, 0.2) is 0 Å². The number of amides is 1. The molecule has 3 rings (SSSR count). The summed E-state index contributed by atoms with van der Waals surface area (Å²) in [5.41, 5.74) is 1.46. The van der Waals surface area contributed by atoms with Crippen molar-refractivity contribution in [2.75, 3.05) is 33.7 Å². The SMILES string of the molecule is CN(C)CC(=O)N1CCC(c2c[nH]c3c2=CCCC=3)CC1. The largest absolute Gasteiger partial charge is 0.361 e. The van der Waals surface area contributed by atoms with Crippen LogP contribution in [0, 0.1) is 0 Å². The molecule has 4 nitrogen and oxygen atoms in total. The van der Waals surface area contributed by atoms with Crippen LogP contribution < -0.4 is 10.6 Å². The Hall–Kier alpha value is -1.55. The van der Waals surface area contributed by atoms with Gasteiger partial charge in [-0.1, -0.05) is 12.2 Å². The number of piperidine rings is 1. The van der Waals surface area contributed by atoms with Crippen molar-refractivity contribution in [2.45, 2.75) is 31.6 Å². The number of likely N-dealkylation sites (tertiary alicyclic amines) is 1. The molecule has 1 aromatic rings. The zero-order valence-corrected chi connectivity index (χ0v) is 13.1. The fraction of sp³-hybridized carbons (Fsp3) is 0.588. The number of rotatable bonds is 3. The van der Waals surface area contributed by atoms with Gasteiger partial charge < -0.3 is 14.8 Å². The summed E-state index contributed by atoms with van der Waals surface area (Å²) in [7, 11) is 3.89. The average Bonchev–Trinajstić information content (AvgIpc) is 2.90. The Labute approximate surface area is 126 Å². The van der Waals surface area contributed by atoms with E-state index < -0.39 is 0 Å². The van der Waals surface area contributed by atoms with Crippen LogP contribution in [0.3, 0.4) is 0 Å². The van der Waals surface area contributed by atoms with Gasteiger partial charge in [0.2, 0.25) is 5.91 Å². The summed E-state index contributed by atoms with van der Waals surface area (Å²) < 4.78 is 0. The standard InChI is InChI=1S/C17H25N3O/c1-19(2)12-17(21)20-9-7-13(8-10-20)15-11-18-16-6-4-3-5-14(15)16/h5-6,11,13,18H,3-4,7-10,12H2,1-2H3. The second-order valence-corrected chi connectivity index (χ2v) is 6.45. The number of aromatic nitrogens is 1. The maximum atomic E-state index is 12.1. The number of likely N-dealkylation sites (N-methyl/N-ethyl adjacent to an activating group) is 1. The van der Waals surface area contributed by atoms with Crippen molar-refractivity contribution in [3.63, 3.8) is 0 Å². The molecule has 0 bridgehead atoms. The van der Waals surface area contributed by atoms with E-state index in [0.29, 0.717) is 12.5 Å². The Bertz CT molecular complexity index is 621. The summed E-state index contributed by atoms with van der Waals surface area (Å²) in [4.78, 5) is 19.5. The fourth-order valence-corrected chi connectivity index (χ4v) is 3.47. The van der Waals surface area contributed by atoms with E-state index in [1.165, 1.54) is 16.1 Å². The number of aromatic amines is 1. The zero-order valence-electron chi connectivity index (χ0n) is 13.1. The Morgan fingerprint density at radius 1 is 1.29 bits per heavy atom. The van der Waals surface area contributed by atoms with Crippen molar-refractivity contribution in [1.29, 1.82) is 0 Å². The van der Waals surface area contributed by atoms with Gasteiger partial charge in [-0.05, 0) is 56.5 Å². The quantitative estimate of drug-likeness (QED) is 0.886. The molecule has 0 unspecified atom stereocenters. The molecule has 2 heterocycles. The molecule has 21 heavy (non-hydrogen) atoms. The lowest BCUT2D eigenvalue weighted by molar-refractivity contribution is -0.132. The van der Waals surface area contributed by atoms with Crippen LogP contribution in [0.1, 0.15) is 37.2 Å². The summed E-state index contributed by atoms with van der Waals surface area (Å²) in [6.45, 7) is 2.30. The lowest BCUT2D eigenvalue weighted by Crippen LogP contribution is -2.43. The Kier molecular flexibility index (Phi) is 4.15. The molecule has 0 atom stereocenters. The molecule has 1 aliphatic carbocycles. The van der Waals surface area contributed by atoms with Crippen molar-refractivity contribution >= 4 is 18.1 Å². The van der Waals surface area contributed by atoms with Gasteiger partial charge in [0, 0.05) is 24.6 Å². The number of nitrogens with one attached hydrogen (secondary N) is 1. The zero-order chi connectivity index (χ0) is 14.8. The van der Waals surface area contributed by atoms with E-state index in [-0.39, 0.29) is 5.91 Å². The Morgan fingerprint density at radius 3 is 2.71 bits per heavy atom. The summed E-state index contributed by atoms with van der Waals surface area (Å²) in [5.74, 6) is 0.852. The van der Waals surface area contributed by atoms with Crippen molar-refractivity contribution in [2.24, 2.45) is 0 Å². The third-order valence-electron chi connectivity index (χ3n) is 4.59. The van der Waals surface area contributed by atoms with Crippen LogP contribution in [-0.2, 0) is 4.79 Å². The molecule has 114 valence electrons. The number of hydrogen-bond acceptors (Lipinski definition) is 2. The van der Waals surface area contributed by atoms with Gasteiger partial charge in [-0.15, -0.1) is 0 Å². The molecule has 1 saturated heterocycles. The van der Waals surface area contributed by atoms with Gasteiger partial charge in [0.1, 0.15) is 0 Å². The number of carbonyl (C=O) groups is 1. The van der Waals surface area contributed by atoms with Crippen molar-refractivity contribution in [1.82, 2.24) is 14.8 Å². The summed E-state index contributed by atoms with van der Waals surface area (Å²) in [5, 5.41) is 2.71. The monoisotopic (exact) mass is 287 g/mol. The third-order valence-corrected chi connectivity index (χ3v) is 4.59. The highest BCUT2D eigenvalue weighted by Crippen LogP contribution is 2.25. The molecule has 0 saturated carbocycles. The van der Waals surface area contributed by atoms with Crippen LogP contribution in [0.2, 0.25) is 0 Å². The van der Waals surface area contributed by atoms with Crippen LogP contribution in [0.25, 0.3) is 12.2 Å². The van der Waals surface area contributed by atoms with Gasteiger partial charge in [0.25, 0.3) is 0 Å². The maximum absolute atomic E-state index is 12.1. The van der Waals surface area contributed by atoms with E-state index in [2.05, 4.69) is 23.3 Å². The fourth-order valence-electron chi connectivity index (χ4n) is 3.47. The van der Waals surface area contributed by atoms with Crippen molar-refractivity contribution in [3.8, 4) is 0 Å². The first-order valence-electron chi connectivity index (χ1n) is 7.95. The molecule has 1 aromatic heterocycles. The van der Waals surface area contributed by atoms with E-state index in [9.17, 15) is 4.79 Å². The number of H-pyrrole nitrogens is 1. The topological polar surface area (TPSA) is 39.3 Å². The molecule has 1 amide bonds. The number of carbonyl (C=O) groups excluding carboxylic acids is 1. The summed E-state index contributed by atoms with van der Waals surface area (Å²) >= 11 is 0. The molecule has 0 radical (unpaired) electrons. The van der Waals surface area contributed by atoms with E-state index in [4.69, 9.17) is 0 Å². The minimum absolute atomic E-state index is 0.259. The van der Waals surface area contributed by atoms with Crippen LogP contribution >= 0.6 is 0 Å². The minimum atomic E-state index is 0.259. The molecule has 0 spiro atoms. The van der Waals surface area contributed by atoms with Crippen LogP contribution in [-0.4, -0.2) is 54.4 Å². The molecular formula is C17H25N3O. The van der Waals surface area contributed by atoms with Crippen LogP contribution in [0.4, 0.5) is 0 Å². The maximum Gasteiger partial charge on any atom is 0.236 e. The summed E-state index contributed by atoms with van der Waals surface area (Å²) in [6, 6.07) is 0. The highest BCUT2D eigenvalue weighted by molar-refractivity contribution is 5.78. The minimum Gasteiger partial charge on any atom is -0.361 e. The van der Waals surface area contributed by atoms with E-state index in [1.54, 1.807) is 0 Å². The number of fused-ring (bicyclic) bond motifs is 1. The Morgan fingerprint density at radius 2 is 2.00 bits per heavy atom. The first kappa shape index (κ1) is 14.4. The first-order valence-corrected chi connectivity index (χ1v) is 7.95. The summed E-state index contributed by atoms with van der Waals surface area (Å²) in [6.07, 6.45) is 11.3. The van der Waals surface area contributed by atoms with Crippen LogP contribution in [0.5, 0.6) is 0 Å². The van der Waals surface area contributed by atoms with E-state index in [1.807, 2.05) is 23.9 Å². The predicted octanol–water partition coefficient (Wildman–Crippen LogP) is 0.637. The third kappa shape index (κ3) is 3.05. The average molecular weight is 287 g/mol.